The summed E-state index contributed by atoms with van der Waals surface area (Å²) >= 11 is 0. The summed E-state index contributed by atoms with van der Waals surface area (Å²) in [5.74, 6) is 0.251. The van der Waals surface area contributed by atoms with E-state index in [1.54, 1.807) is 12.3 Å². The molecule has 0 amide bonds. The third-order valence-corrected chi connectivity index (χ3v) is 4.00. The zero-order chi connectivity index (χ0) is 16.1. The molecule has 0 saturated carbocycles. The van der Waals surface area contributed by atoms with Gasteiger partial charge in [0.15, 0.2) is 0 Å². The van der Waals surface area contributed by atoms with Gasteiger partial charge >= 0.3 is 0 Å². The number of hydrogen-bond acceptors (Lipinski definition) is 5. The minimum Gasteiger partial charge on any atom is -0.384 e. The van der Waals surface area contributed by atoms with Crippen LogP contribution in [0.3, 0.4) is 0 Å². The van der Waals surface area contributed by atoms with Crippen LogP contribution in [0.1, 0.15) is 17.7 Å². The minimum absolute atomic E-state index is 0.193. The smallest absolute Gasteiger partial charge is 0.141 e. The summed E-state index contributed by atoms with van der Waals surface area (Å²) in [7, 11) is 0. The highest BCUT2D eigenvalue weighted by molar-refractivity contribution is 5.31. The number of aromatic nitrogens is 2. The molecule has 1 atom stereocenters. The van der Waals surface area contributed by atoms with Gasteiger partial charge in [-0.2, -0.15) is 0 Å². The van der Waals surface area contributed by atoms with Gasteiger partial charge in [-0.3, -0.25) is 9.88 Å². The summed E-state index contributed by atoms with van der Waals surface area (Å²) in [6.07, 6.45) is 5.05. The fourth-order valence-corrected chi connectivity index (χ4v) is 2.81. The Balaban J connectivity index is 1.50. The summed E-state index contributed by atoms with van der Waals surface area (Å²) in [6.45, 7) is 3.17. The summed E-state index contributed by atoms with van der Waals surface area (Å²) < 4.78 is 18.8. The number of pyridine rings is 2. The topological polar surface area (TPSA) is 64.3 Å². The van der Waals surface area contributed by atoms with Crippen LogP contribution < -0.4 is 5.73 Å². The van der Waals surface area contributed by atoms with Gasteiger partial charge in [-0.25, -0.2) is 9.37 Å². The molecule has 23 heavy (non-hydrogen) atoms. The highest BCUT2D eigenvalue weighted by atomic mass is 19.1. The van der Waals surface area contributed by atoms with Crippen molar-refractivity contribution in [3.63, 3.8) is 0 Å². The molecule has 1 aliphatic rings. The molecular formula is C17H21FN4O. The first-order valence-corrected chi connectivity index (χ1v) is 7.84. The van der Waals surface area contributed by atoms with E-state index in [0.717, 1.165) is 38.2 Å². The molecule has 1 aliphatic heterocycles. The highest BCUT2D eigenvalue weighted by Gasteiger charge is 2.20. The summed E-state index contributed by atoms with van der Waals surface area (Å²) in [6, 6.07) is 7.08. The monoisotopic (exact) mass is 316 g/mol. The molecule has 122 valence electrons. The van der Waals surface area contributed by atoms with Gasteiger partial charge in [-0.1, -0.05) is 0 Å². The molecule has 3 rings (SSSR count). The van der Waals surface area contributed by atoms with E-state index in [0.29, 0.717) is 12.4 Å². The van der Waals surface area contributed by atoms with Crippen LogP contribution in [0, 0.1) is 5.82 Å². The number of nitrogens with zero attached hydrogens (tertiary/aromatic N) is 3. The first-order valence-electron chi connectivity index (χ1n) is 7.84. The van der Waals surface area contributed by atoms with Crippen molar-refractivity contribution in [3.05, 3.63) is 53.7 Å². The van der Waals surface area contributed by atoms with Gasteiger partial charge in [0.05, 0.1) is 24.6 Å². The predicted octanol–water partition coefficient (Wildman–Crippen LogP) is 2.03. The molecule has 6 heteroatoms. The van der Waals surface area contributed by atoms with E-state index in [-0.39, 0.29) is 11.9 Å². The number of hydrogen-bond donors (Lipinski definition) is 1. The molecule has 2 aromatic heterocycles. The van der Waals surface area contributed by atoms with E-state index in [1.165, 1.54) is 17.8 Å². The van der Waals surface area contributed by atoms with Crippen molar-refractivity contribution in [2.45, 2.75) is 25.5 Å². The second-order valence-corrected chi connectivity index (χ2v) is 5.82. The molecule has 1 saturated heterocycles. The van der Waals surface area contributed by atoms with Crippen molar-refractivity contribution in [3.8, 4) is 0 Å². The van der Waals surface area contributed by atoms with Crippen molar-refractivity contribution < 1.29 is 9.13 Å². The Labute approximate surface area is 135 Å². The maximum atomic E-state index is 12.9. The van der Waals surface area contributed by atoms with Gasteiger partial charge < -0.3 is 10.5 Å². The number of morpholine rings is 1. The van der Waals surface area contributed by atoms with Crippen LogP contribution in [0.2, 0.25) is 0 Å². The van der Waals surface area contributed by atoms with Gasteiger partial charge in [0.2, 0.25) is 0 Å². The van der Waals surface area contributed by atoms with Crippen molar-refractivity contribution in [1.82, 2.24) is 14.9 Å². The number of halogens is 1. The van der Waals surface area contributed by atoms with Crippen molar-refractivity contribution in [1.29, 1.82) is 0 Å². The summed E-state index contributed by atoms with van der Waals surface area (Å²) in [4.78, 5) is 10.4. The first kappa shape index (κ1) is 15.8. The lowest BCUT2D eigenvalue weighted by atomic mass is 10.1. The number of rotatable bonds is 5. The molecule has 0 aromatic carbocycles. The van der Waals surface area contributed by atoms with Crippen LogP contribution in [-0.4, -0.2) is 40.7 Å². The number of aryl methyl sites for hydroxylation is 1. The SMILES string of the molecule is Nc1cc(CC[C@H]2CN(Cc3ccc(F)cn3)CCO2)ccn1. The lowest BCUT2D eigenvalue weighted by molar-refractivity contribution is -0.0349. The third-order valence-electron chi connectivity index (χ3n) is 4.00. The largest absolute Gasteiger partial charge is 0.384 e. The van der Waals surface area contributed by atoms with Crippen LogP contribution in [-0.2, 0) is 17.7 Å². The lowest BCUT2D eigenvalue weighted by Crippen LogP contribution is -2.42. The van der Waals surface area contributed by atoms with Crippen LogP contribution in [0.15, 0.2) is 36.7 Å². The van der Waals surface area contributed by atoms with Crippen molar-refractivity contribution in [2.24, 2.45) is 0 Å². The van der Waals surface area contributed by atoms with E-state index >= 15 is 0 Å². The normalized spacial score (nSPS) is 18.9. The van der Waals surface area contributed by atoms with Gasteiger partial charge in [-0.05, 0) is 42.7 Å². The van der Waals surface area contributed by atoms with Crippen LogP contribution >= 0.6 is 0 Å². The Morgan fingerprint density at radius 3 is 3.00 bits per heavy atom. The zero-order valence-electron chi connectivity index (χ0n) is 13.0. The third kappa shape index (κ3) is 4.71. The standard InChI is InChI=1S/C17H21FN4O/c18-14-2-3-15(21-10-14)11-22-7-8-23-16(12-22)4-1-13-5-6-20-17(19)9-13/h2-3,5-6,9-10,16H,1,4,7-8,11-12H2,(H2,19,20)/t16-/m0/s1. The average Bonchev–Trinajstić information content (AvgIpc) is 2.56. The Kier molecular flexibility index (Phi) is 5.15. The number of nitrogens with two attached hydrogens (primary N) is 1. The quantitative estimate of drug-likeness (QED) is 0.914. The van der Waals surface area contributed by atoms with Gasteiger partial charge in [-0.15, -0.1) is 0 Å². The van der Waals surface area contributed by atoms with Crippen molar-refractivity contribution >= 4 is 5.82 Å². The Morgan fingerprint density at radius 2 is 2.22 bits per heavy atom. The molecule has 3 heterocycles. The first-order chi connectivity index (χ1) is 11.2. The molecule has 0 unspecified atom stereocenters. The average molecular weight is 316 g/mol. The zero-order valence-corrected chi connectivity index (χ0v) is 13.0. The minimum atomic E-state index is -0.301. The molecule has 0 spiro atoms. The maximum Gasteiger partial charge on any atom is 0.141 e. The molecule has 2 aromatic rings. The molecule has 1 fully saturated rings. The van der Waals surface area contributed by atoms with Crippen molar-refractivity contribution in [2.75, 3.05) is 25.4 Å². The van der Waals surface area contributed by atoms with Crippen LogP contribution in [0.5, 0.6) is 0 Å². The molecule has 5 nitrogen and oxygen atoms in total. The van der Waals surface area contributed by atoms with Gasteiger partial charge in [0.1, 0.15) is 11.6 Å². The Hall–Kier alpha value is -2.05. The summed E-state index contributed by atoms with van der Waals surface area (Å²) in [5, 5.41) is 0. The van der Waals surface area contributed by atoms with Gasteiger partial charge in [0.25, 0.3) is 0 Å². The maximum absolute atomic E-state index is 12.9. The predicted molar refractivity (Wildman–Crippen MR) is 86.2 cm³/mol. The van der Waals surface area contributed by atoms with E-state index in [1.807, 2.05) is 12.1 Å². The number of nitrogen functional groups attached to an aromatic ring is 1. The number of anilines is 1. The van der Waals surface area contributed by atoms with Gasteiger partial charge in [0, 0.05) is 25.8 Å². The molecular weight excluding hydrogens is 295 g/mol. The highest BCUT2D eigenvalue weighted by Crippen LogP contribution is 2.15. The molecule has 2 N–H and O–H groups in total. The second-order valence-electron chi connectivity index (χ2n) is 5.82. The fourth-order valence-electron chi connectivity index (χ4n) is 2.81. The van der Waals surface area contributed by atoms with E-state index < -0.39 is 0 Å². The molecule has 0 aliphatic carbocycles. The molecule has 0 radical (unpaired) electrons. The Bertz CT molecular complexity index is 635. The second kappa shape index (κ2) is 7.48. The van der Waals surface area contributed by atoms with E-state index in [2.05, 4.69) is 14.9 Å². The van der Waals surface area contributed by atoms with Crippen LogP contribution in [0.4, 0.5) is 10.2 Å². The fraction of sp³-hybridized carbons (Fsp3) is 0.412. The van der Waals surface area contributed by atoms with E-state index in [9.17, 15) is 4.39 Å². The Morgan fingerprint density at radius 1 is 1.30 bits per heavy atom. The summed E-state index contributed by atoms with van der Waals surface area (Å²) in [5.41, 5.74) is 7.76. The lowest BCUT2D eigenvalue weighted by Gasteiger charge is -2.32. The van der Waals surface area contributed by atoms with Crippen LogP contribution in [0.25, 0.3) is 0 Å². The van der Waals surface area contributed by atoms with E-state index in [4.69, 9.17) is 10.5 Å². The molecule has 0 bridgehead atoms. The number of ether oxygens (including phenoxy) is 1.